The molecule has 0 spiro atoms. The summed E-state index contributed by atoms with van der Waals surface area (Å²) in [7, 11) is 1.67. The van der Waals surface area contributed by atoms with Gasteiger partial charge in [-0.25, -0.2) is 9.97 Å². The summed E-state index contributed by atoms with van der Waals surface area (Å²) >= 11 is 0. The van der Waals surface area contributed by atoms with Crippen LogP contribution in [0.15, 0.2) is 24.3 Å². The number of aromatic nitrogens is 3. The number of benzene rings is 1. The van der Waals surface area contributed by atoms with Gasteiger partial charge in [-0.3, -0.25) is 9.59 Å². The number of amides is 2. The fourth-order valence-corrected chi connectivity index (χ4v) is 3.52. The van der Waals surface area contributed by atoms with E-state index < -0.39 is 11.5 Å². The first-order valence-corrected chi connectivity index (χ1v) is 11.3. The van der Waals surface area contributed by atoms with Crippen LogP contribution in [0.25, 0.3) is 21.9 Å². The largest absolute Gasteiger partial charge is 0.389 e. The topological polar surface area (TPSA) is 119 Å². The Balaban J connectivity index is 1.98. The lowest BCUT2D eigenvalue weighted by atomic mass is 10.1. The van der Waals surface area contributed by atoms with E-state index in [1.54, 1.807) is 20.9 Å². The molecular weight excluding hydrogens is 438 g/mol. The van der Waals surface area contributed by atoms with Gasteiger partial charge in [0.25, 0.3) is 5.91 Å². The predicted octanol–water partition coefficient (Wildman–Crippen LogP) is 2.33. The van der Waals surface area contributed by atoms with Crippen molar-refractivity contribution < 1.29 is 24.2 Å². The van der Waals surface area contributed by atoms with Gasteiger partial charge in [-0.2, -0.15) is 0 Å². The van der Waals surface area contributed by atoms with Crippen LogP contribution in [0.3, 0.4) is 0 Å². The van der Waals surface area contributed by atoms with Gasteiger partial charge in [-0.1, -0.05) is 18.2 Å². The number of ether oxygens (including phenoxy) is 2. The van der Waals surface area contributed by atoms with Crippen molar-refractivity contribution in [3.05, 3.63) is 30.1 Å². The molecule has 10 heteroatoms. The SMILES string of the molecule is CCOCc1nc2c(NC(=O)COCC(=O)N(C)CC)nc3ccccc3c2n1CC(C)(C)O. The first-order valence-electron chi connectivity index (χ1n) is 11.3. The van der Waals surface area contributed by atoms with Gasteiger partial charge < -0.3 is 29.4 Å². The van der Waals surface area contributed by atoms with Crippen molar-refractivity contribution in [1.29, 1.82) is 0 Å². The fourth-order valence-electron chi connectivity index (χ4n) is 3.52. The summed E-state index contributed by atoms with van der Waals surface area (Å²) in [6, 6.07) is 7.55. The highest BCUT2D eigenvalue weighted by Gasteiger charge is 2.24. The second kappa shape index (κ2) is 10.9. The number of nitrogens with zero attached hydrogens (tertiary/aromatic N) is 4. The first-order chi connectivity index (χ1) is 16.1. The number of carbonyl (C=O) groups excluding carboxylic acids is 2. The zero-order valence-corrected chi connectivity index (χ0v) is 20.4. The van der Waals surface area contributed by atoms with E-state index >= 15 is 0 Å². The molecule has 3 rings (SSSR count). The third kappa shape index (κ3) is 6.07. The summed E-state index contributed by atoms with van der Waals surface area (Å²) in [6.07, 6.45) is 0. The lowest BCUT2D eigenvalue weighted by Crippen LogP contribution is -2.31. The van der Waals surface area contributed by atoms with Crippen molar-refractivity contribution in [2.24, 2.45) is 0 Å². The standard InChI is InChI=1S/C24H33N5O5/c1-6-28(5)20(31)14-34-13-19(30)27-23-21-22(16-10-8-9-11-17(16)25-23)29(15-24(3,4)32)18(26-21)12-33-7-2/h8-11,32H,6-7,12-15H2,1-5H3,(H,25,27,30). The zero-order chi connectivity index (χ0) is 24.9. The summed E-state index contributed by atoms with van der Waals surface area (Å²) < 4.78 is 12.8. The second-order valence-electron chi connectivity index (χ2n) is 8.69. The van der Waals surface area contributed by atoms with E-state index in [1.807, 2.05) is 42.7 Å². The Morgan fingerprint density at radius 3 is 2.56 bits per heavy atom. The number of likely N-dealkylation sites (N-methyl/N-ethyl adjacent to an activating group) is 1. The van der Waals surface area contributed by atoms with E-state index in [4.69, 9.17) is 14.5 Å². The third-order valence-corrected chi connectivity index (χ3v) is 5.26. The minimum absolute atomic E-state index is 0.183. The number of aliphatic hydroxyl groups is 1. The molecule has 0 atom stereocenters. The molecule has 0 bridgehead atoms. The number of para-hydroxylation sites is 1. The number of carbonyl (C=O) groups is 2. The molecule has 2 amide bonds. The van der Waals surface area contributed by atoms with E-state index in [0.29, 0.717) is 30.0 Å². The quantitative estimate of drug-likeness (QED) is 0.440. The molecule has 0 unspecified atom stereocenters. The minimum atomic E-state index is -1.01. The number of fused-ring (bicyclic) bond motifs is 3. The maximum Gasteiger partial charge on any atom is 0.251 e. The number of imidazole rings is 1. The van der Waals surface area contributed by atoms with Gasteiger partial charge >= 0.3 is 0 Å². The van der Waals surface area contributed by atoms with Gasteiger partial charge in [0, 0.05) is 25.6 Å². The van der Waals surface area contributed by atoms with Crippen molar-refractivity contribution in [2.75, 3.05) is 38.7 Å². The van der Waals surface area contributed by atoms with Crippen LogP contribution in [-0.4, -0.2) is 75.4 Å². The highest BCUT2D eigenvalue weighted by Crippen LogP contribution is 2.31. The highest BCUT2D eigenvalue weighted by molar-refractivity contribution is 6.09. The number of hydrogen-bond acceptors (Lipinski definition) is 7. The van der Waals surface area contributed by atoms with E-state index in [1.165, 1.54) is 4.90 Å². The van der Waals surface area contributed by atoms with Crippen LogP contribution < -0.4 is 5.32 Å². The summed E-state index contributed by atoms with van der Waals surface area (Å²) in [5.41, 5.74) is 0.908. The van der Waals surface area contributed by atoms with Crippen LogP contribution in [-0.2, 0) is 32.2 Å². The molecule has 10 nitrogen and oxygen atoms in total. The van der Waals surface area contributed by atoms with Gasteiger partial charge in [-0.15, -0.1) is 0 Å². The van der Waals surface area contributed by atoms with Crippen LogP contribution in [0.2, 0.25) is 0 Å². The average molecular weight is 472 g/mol. The number of anilines is 1. The second-order valence-corrected chi connectivity index (χ2v) is 8.69. The van der Waals surface area contributed by atoms with Gasteiger partial charge in [0.1, 0.15) is 31.2 Å². The van der Waals surface area contributed by atoms with E-state index in [9.17, 15) is 14.7 Å². The van der Waals surface area contributed by atoms with Crippen molar-refractivity contribution in [1.82, 2.24) is 19.4 Å². The van der Waals surface area contributed by atoms with Crippen LogP contribution in [0, 0.1) is 0 Å². The summed E-state index contributed by atoms with van der Waals surface area (Å²) in [4.78, 5) is 35.4. The monoisotopic (exact) mass is 471 g/mol. The zero-order valence-electron chi connectivity index (χ0n) is 20.4. The lowest BCUT2D eigenvalue weighted by Gasteiger charge is -2.20. The van der Waals surface area contributed by atoms with Gasteiger partial charge in [0.2, 0.25) is 5.91 Å². The molecule has 0 fully saturated rings. The molecule has 2 heterocycles. The number of pyridine rings is 1. The molecule has 0 aliphatic rings. The minimum Gasteiger partial charge on any atom is -0.389 e. The predicted molar refractivity (Wildman–Crippen MR) is 129 cm³/mol. The molecule has 0 saturated heterocycles. The Labute approximate surface area is 198 Å². The molecule has 0 aliphatic carbocycles. The van der Waals surface area contributed by atoms with E-state index in [2.05, 4.69) is 10.3 Å². The maximum atomic E-state index is 12.6. The first kappa shape index (κ1) is 25.5. The number of rotatable bonds is 11. The third-order valence-electron chi connectivity index (χ3n) is 5.26. The molecule has 34 heavy (non-hydrogen) atoms. The Bertz CT molecular complexity index is 1170. The molecule has 184 valence electrons. The molecule has 0 radical (unpaired) electrons. The summed E-state index contributed by atoms with van der Waals surface area (Å²) in [5.74, 6) is 0.260. The Hall–Kier alpha value is -3.08. The summed E-state index contributed by atoms with van der Waals surface area (Å²) in [6.45, 7) is 8.33. The molecule has 0 saturated carbocycles. The van der Waals surface area contributed by atoms with Crippen molar-refractivity contribution >= 4 is 39.6 Å². The Kier molecular flexibility index (Phi) is 8.19. The molecule has 2 N–H and O–H groups in total. The molecular formula is C24H33N5O5. The Morgan fingerprint density at radius 1 is 1.15 bits per heavy atom. The lowest BCUT2D eigenvalue weighted by molar-refractivity contribution is -0.136. The van der Waals surface area contributed by atoms with Crippen LogP contribution in [0.5, 0.6) is 0 Å². The fraction of sp³-hybridized carbons (Fsp3) is 0.500. The number of hydrogen-bond donors (Lipinski definition) is 2. The van der Waals surface area contributed by atoms with E-state index in [0.717, 1.165) is 10.9 Å². The van der Waals surface area contributed by atoms with Crippen LogP contribution in [0.4, 0.5) is 5.82 Å². The van der Waals surface area contributed by atoms with E-state index in [-0.39, 0.29) is 38.1 Å². The van der Waals surface area contributed by atoms with Gasteiger partial charge in [-0.05, 0) is 33.8 Å². The molecule has 0 aliphatic heterocycles. The van der Waals surface area contributed by atoms with Crippen LogP contribution in [0.1, 0.15) is 33.5 Å². The highest BCUT2D eigenvalue weighted by atomic mass is 16.5. The van der Waals surface area contributed by atoms with Crippen molar-refractivity contribution in [3.63, 3.8) is 0 Å². The molecule has 3 aromatic rings. The van der Waals surface area contributed by atoms with Gasteiger partial charge in [0.15, 0.2) is 5.82 Å². The van der Waals surface area contributed by atoms with Crippen molar-refractivity contribution in [2.45, 2.75) is 46.4 Å². The number of nitrogens with one attached hydrogen (secondary N) is 1. The smallest absolute Gasteiger partial charge is 0.251 e. The summed E-state index contributed by atoms with van der Waals surface area (Å²) in [5, 5.41) is 14.2. The van der Waals surface area contributed by atoms with Gasteiger partial charge in [0.05, 0.1) is 23.2 Å². The maximum absolute atomic E-state index is 12.6. The normalized spacial score (nSPS) is 11.8. The molecule has 2 aromatic heterocycles. The average Bonchev–Trinajstić information content (AvgIpc) is 3.14. The Morgan fingerprint density at radius 2 is 1.88 bits per heavy atom. The molecule has 1 aromatic carbocycles. The van der Waals surface area contributed by atoms with Crippen molar-refractivity contribution in [3.8, 4) is 0 Å². The van der Waals surface area contributed by atoms with Crippen LogP contribution >= 0.6 is 0 Å².